The number of benzene rings is 3. The van der Waals surface area contributed by atoms with E-state index in [-0.39, 0.29) is 58.2 Å². The highest BCUT2D eigenvalue weighted by Gasteiger charge is 2.64. The van der Waals surface area contributed by atoms with Crippen LogP contribution in [0, 0.1) is 33.8 Å². The van der Waals surface area contributed by atoms with Gasteiger partial charge >= 0.3 is 5.97 Å². The zero-order valence-electron chi connectivity index (χ0n) is 20.8. The molecule has 0 N–H and O–H groups in total. The number of ether oxygens (including phenoxy) is 1. The van der Waals surface area contributed by atoms with E-state index in [1.54, 1.807) is 12.1 Å². The van der Waals surface area contributed by atoms with Crippen molar-refractivity contribution in [1.29, 1.82) is 0 Å². The summed E-state index contributed by atoms with van der Waals surface area (Å²) in [6, 6.07) is 21.2. The molecule has 1 heterocycles. The van der Waals surface area contributed by atoms with E-state index in [9.17, 15) is 29.3 Å². The number of anilines is 1. The van der Waals surface area contributed by atoms with Crippen LogP contribution in [0.15, 0.2) is 78.9 Å². The molecule has 0 spiro atoms. The van der Waals surface area contributed by atoms with Gasteiger partial charge in [0.2, 0.25) is 11.8 Å². The highest BCUT2D eigenvalue weighted by molar-refractivity contribution is 6.23. The lowest BCUT2D eigenvalue weighted by Gasteiger charge is -2.28. The van der Waals surface area contributed by atoms with Crippen molar-refractivity contribution in [2.45, 2.75) is 18.8 Å². The van der Waals surface area contributed by atoms with Crippen molar-refractivity contribution in [1.82, 2.24) is 0 Å². The maximum absolute atomic E-state index is 13.6. The number of carbonyl (C=O) groups is 4. The lowest BCUT2D eigenvalue weighted by atomic mass is 9.73. The molecule has 3 fully saturated rings. The van der Waals surface area contributed by atoms with Gasteiger partial charge in [-0.1, -0.05) is 36.4 Å². The van der Waals surface area contributed by atoms with Crippen LogP contribution in [-0.4, -0.2) is 35.1 Å². The number of Topliss-reactive ketones (excluding diaryl/α,β-unsaturated/α-hetero) is 1. The Labute approximate surface area is 223 Å². The van der Waals surface area contributed by atoms with Gasteiger partial charge in [-0.25, -0.2) is 4.79 Å². The summed E-state index contributed by atoms with van der Waals surface area (Å²) in [5, 5.41) is 10.8. The molecule has 2 saturated carbocycles. The highest BCUT2D eigenvalue weighted by atomic mass is 16.6. The van der Waals surface area contributed by atoms with Gasteiger partial charge in [0.1, 0.15) is 0 Å². The number of nitro benzene ring substituents is 1. The number of hydrogen-bond donors (Lipinski definition) is 0. The SMILES string of the molecule is O=C(COC(=O)c1cccc(N2C(=O)[C@@H]3[C@@H]4C[C@@H]([C@@H]3C2=O)[C@H](c2ccccc2)C4)c1)c1ccc([N+](=O)[O-])cc1. The maximum Gasteiger partial charge on any atom is 0.338 e. The summed E-state index contributed by atoms with van der Waals surface area (Å²) in [7, 11) is 0. The number of imide groups is 1. The smallest absolute Gasteiger partial charge is 0.338 e. The molecule has 0 aromatic heterocycles. The Bertz CT molecular complexity index is 1500. The van der Waals surface area contributed by atoms with Crippen LogP contribution >= 0.6 is 0 Å². The van der Waals surface area contributed by atoms with Gasteiger partial charge in [-0.05, 0) is 66.5 Å². The Morgan fingerprint density at radius 3 is 2.31 bits per heavy atom. The topological polar surface area (TPSA) is 124 Å². The van der Waals surface area contributed by atoms with Crippen LogP contribution in [-0.2, 0) is 14.3 Å². The van der Waals surface area contributed by atoms with Crippen molar-refractivity contribution < 1.29 is 28.8 Å². The number of non-ortho nitro benzene ring substituents is 1. The molecule has 9 heteroatoms. The fourth-order valence-corrected chi connectivity index (χ4v) is 6.64. The lowest BCUT2D eigenvalue weighted by Crippen LogP contribution is -2.33. The van der Waals surface area contributed by atoms with Gasteiger partial charge in [0.15, 0.2) is 12.4 Å². The van der Waals surface area contributed by atoms with Crippen LogP contribution in [0.5, 0.6) is 0 Å². The molecule has 2 aliphatic carbocycles. The number of ketones is 1. The number of nitrogens with zero attached hydrogens (tertiary/aromatic N) is 2. The number of fused-ring (bicyclic) bond motifs is 5. The van der Waals surface area contributed by atoms with Crippen molar-refractivity contribution in [3.8, 4) is 0 Å². The summed E-state index contributed by atoms with van der Waals surface area (Å²) >= 11 is 0. The lowest BCUT2D eigenvalue weighted by molar-refractivity contribution is -0.384. The second-order valence-electron chi connectivity index (χ2n) is 10.3. The standard InChI is InChI=1S/C30H24N2O7/c33-25(18-9-11-21(12-10-18)32(37)38)16-39-30(36)19-7-4-8-22(13-19)31-28(34)26-20-14-23(17-5-2-1-3-6-17)24(15-20)27(26)29(31)35/h1-13,20,23-24,26-27H,14-16H2/t20-,23-,24+,26+,27-/m0/s1. The first kappa shape index (κ1) is 24.7. The van der Waals surface area contributed by atoms with Crippen LogP contribution in [0.25, 0.3) is 0 Å². The van der Waals surface area contributed by atoms with E-state index in [1.807, 2.05) is 18.2 Å². The average Bonchev–Trinajstić information content (AvgIpc) is 3.63. The van der Waals surface area contributed by atoms with Crippen LogP contribution in [0.2, 0.25) is 0 Å². The first-order valence-electron chi connectivity index (χ1n) is 12.8. The van der Waals surface area contributed by atoms with Gasteiger partial charge in [-0.15, -0.1) is 0 Å². The Balaban J connectivity index is 1.15. The van der Waals surface area contributed by atoms with Gasteiger partial charge in [0.05, 0.1) is 28.0 Å². The second-order valence-corrected chi connectivity index (χ2v) is 10.3. The Hall–Kier alpha value is -4.66. The number of hydrogen-bond acceptors (Lipinski definition) is 7. The first-order chi connectivity index (χ1) is 18.8. The zero-order valence-corrected chi connectivity index (χ0v) is 20.8. The molecule has 6 rings (SSSR count). The number of rotatable bonds is 7. The molecule has 9 nitrogen and oxygen atoms in total. The summed E-state index contributed by atoms with van der Waals surface area (Å²) in [5.74, 6) is -1.92. The molecule has 39 heavy (non-hydrogen) atoms. The molecule has 2 bridgehead atoms. The molecular weight excluding hydrogens is 500 g/mol. The summed E-state index contributed by atoms with van der Waals surface area (Å²) < 4.78 is 5.16. The fraction of sp³-hybridized carbons (Fsp3) is 0.267. The predicted octanol–water partition coefficient (Wildman–Crippen LogP) is 4.56. The van der Waals surface area contributed by atoms with Crippen molar-refractivity contribution >= 4 is 34.9 Å². The van der Waals surface area contributed by atoms with E-state index in [2.05, 4.69) is 12.1 Å². The average molecular weight is 525 g/mol. The minimum absolute atomic E-state index is 0.104. The number of nitro groups is 1. The van der Waals surface area contributed by atoms with Gasteiger partial charge in [0, 0.05) is 17.7 Å². The third kappa shape index (κ3) is 4.20. The third-order valence-corrected chi connectivity index (χ3v) is 8.32. The number of carbonyl (C=O) groups excluding carboxylic acids is 4. The van der Waals surface area contributed by atoms with Crippen LogP contribution in [0.1, 0.15) is 45.0 Å². The Morgan fingerprint density at radius 1 is 0.872 bits per heavy atom. The molecule has 1 saturated heterocycles. The van der Waals surface area contributed by atoms with Crippen LogP contribution < -0.4 is 4.90 Å². The van der Waals surface area contributed by atoms with E-state index in [4.69, 9.17) is 4.74 Å². The largest absolute Gasteiger partial charge is 0.454 e. The fourth-order valence-electron chi connectivity index (χ4n) is 6.64. The molecule has 3 aliphatic rings. The molecule has 2 amide bonds. The predicted molar refractivity (Wildman–Crippen MR) is 139 cm³/mol. The summed E-state index contributed by atoms with van der Waals surface area (Å²) in [6.07, 6.45) is 1.76. The van der Waals surface area contributed by atoms with Gasteiger partial charge in [0.25, 0.3) is 5.69 Å². The number of amides is 2. The normalized spacial score (nSPS) is 25.0. The van der Waals surface area contributed by atoms with Crippen molar-refractivity contribution in [2.75, 3.05) is 11.5 Å². The van der Waals surface area contributed by atoms with Crippen molar-refractivity contribution in [3.05, 3.63) is 106 Å². The summed E-state index contributed by atoms with van der Waals surface area (Å²) in [6.45, 7) is -0.559. The molecular formula is C30H24N2O7. The Kier molecular flexibility index (Phi) is 6.06. The molecule has 196 valence electrons. The van der Waals surface area contributed by atoms with E-state index in [0.29, 0.717) is 5.69 Å². The molecule has 3 aromatic rings. The van der Waals surface area contributed by atoms with Gasteiger partial charge in [-0.3, -0.25) is 29.4 Å². The van der Waals surface area contributed by atoms with Gasteiger partial charge < -0.3 is 4.74 Å². The monoisotopic (exact) mass is 524 g/mol. The minimum Gasteiger partial charge on any atom is -0.454 e. The van der Waals surface area contributed by atoms with Crippen molar-refractivity contribution in [3.63, 3.8) is 0 Å². The quantitative estimate of drug-likeness (QED) is 0.146. The first-order valence-corrected chi connectivity index (χ1v) is 12.8. The molecule has 3 aromatic carbocycles. The third-order valence-electron chi connectivity index (χ3n) is 8.32. The molecule has 0 radical (unpaired) electrons. The van der Waals surface area contributed by atoms with Crippen LogP contribution in [0.4, 0.5) is 11.4 Å². The van der Waals surface area contributed by atoms with E-state index in [0.717, 1.165) is 12.8 Å². The zero-order chi connectivity index (χ0) is 27.3. The Morgan fingerprint density at radius 2 is 1.59 bits per heavy atom. The van der Waals surface area contributed by atoms with E-state index < -0.39 is 23.3 Å². The van der Waals surface area contributed by atoms with E-state index in [1.165, 1.54) is 46.9 Å². The second kappa shape index (κ2) is 9.58. The van der Waals surface area contributed by atoms with E-state index >= 15 is 0 Å². The summed E-state index contributed by atoms with van der Waals surface area (Å²) in [5.41, 5.74) is 1.64. The molecule has 1 aliphatic heterocycles. The van der Waals surface area contributed by atoms with Crippen LogP contribution in [0.3, 0.4) is 0 Å². The maximum atomic E-state index is 13.6. The summed E-state index contributed by atoms with van der Waals surface area (Å²) in [4.78, 5) is 63.6. The number of esters is 1. The van der Waals surface area contributed by atoms with Gasteiger partial charge in [-0.2, -0.15) is 0 Å². The molecule has 0 unspecified atom stereocenters. The highest BCUT2D eigenvalue weighted by Crippen LogP contribution is 2.61. The van der Waals surface area contributed by atoms with Crippen molar-refractivity contribution in [2.24, 2.45) is 23.7 Å². The molecule has 5 atom stereocenters. The minimum atomic E-state index is -0.782.